The van der Waals surface area contributed by atoms with E-state index in [1.807, 2.05) is 24.3 Å². The van der Waals surface area contributed by atoms with E-state index >= 15 is 0 Å². The lowest BCUT2D eigenvalue weighted by molar-refractivity contribution is 0.0955. The second-order valence-electron chi connectivity index (χ2n) is 6.40. The normalized spacial score (nSPS) is 15.4. The molecule has 146 valence electrons. The van der Waals surface area contributed by atoms with E-state index < -0.39 is 10.0 Å². The molecule has 2 aromatic rings. The lowest BCUT2D eigenvalue weighted by Crippen LogP contribution is -2.36. The summed E-state index contributed by atoms with van der Waals surface area (Å²) in [4.78, 5) is 13.0. The van der Waals surface area contributed by atoms with Crippen LogP contribution in [0.2, 0.25) is 0 Å². The van der Waals surface area contributed by atoms with Crippen LogP contribution in [0, 0.1) is 0 Å². The van der Waals surface area contributed by atoms with Crippen molar-refractivity contribution >= 4 is 27.3 Å². The highest BCUT2D eigenvalue weighted by Gasteiger charge is 2.30. The SMILES string of the molecule is COc1ccccc1CCNC(=O)c1sccc1S(=O)(=O)N1CCCCC1. The van der Waals surface area contributed by atoms with Crippen molar-refractivity contribution in [2.45, 2.75) is 30.6 Å². The Morgan fingerprint density at radius 3 is 2.67 bits per heavy atom. The van der Waals surface area contributed by atoms with E-state index in [2.05, 4.69) is 5.32 Å². The number of ether oxygens (including phenoxy) is 1. The van der Waals surface area contributed by atoms with Crippen LogP contribution >= 0.6 is 11.3 Å². The van der Waals surface area contributed by atoms with Crippen molar-refractivity contribution in [2.24, 2.45) is 0 Å². The maximum Gasteiger partial charge on any atom is 0.262 e. The van der Waals surface area contributed by atoms with Crippen LogP contribution in [0.5, 0.6) is 5.75 Å². The summed E-state index contributed by atoms with van der Waals surface area (Å²) >= 11 is 1.16. The molecule has 0 aliphatic carbocycles. The Labute approximate surface area is 164 Å². The lowest BCUT2D eigenvalue weighted by atomic mass is 10.1. The summed E-state index contributed by atoms with van der Waals surface area (Å²) in [6, 6.07) is 9.17. The number of para-hydroxylation sites is 1. The Balaban J connectivity index is 1.67. The molecular weight excluding hydrogens is 384 g/mol. The van der Waals surface area contributed by atoms with Crippen molar-refractivity contribution in [1.29, 1.82) is 0 Å². The Morgan fingerprint density at radius 1 is 1.19 bits per heavy atom. The second kappa shape index (κ2) is 8.86. The van der Waals surface area contributed by atoms with Crippen LogP contribution in [0.1, 0.15) is 34.5 Å². The highest BCUT2D eigenvalue weighted by molar-refractivity contribution is 7.89. The number of methoxy groups -OCH3 is 1. The predicted molar refractivity (Wildman–Crippen MR) is 106 cm³/mol. The van der Waals surface area contributed by atoms with Crippen LogP contribution in [0.25, 0.3) is 0 Å². The number of rotatable bonds is 7. The Morgan fingerprint density at radius 2 is 1.93 bits per heavy atom. The quantitative estimate of drug-likeness (QED) is 0.764. The number of carbonyl (C=O) groups excluding carboxylic acids is 1. The van der Waals surface area contributed by atoms with Crippen molar-refractivity contribution in [3.63, 3.8) is 0 Å². The second-order valence-corrected chi connectivity index (χ2v) is 9.22. The maximum absolute atomic E-state index is 12.9. The average Bonchev–Trinajstić information content (AvgIpc) is 3.20. The van der Waals surface area contributed by atoms with E-state index in [1.54, 1.807) is 12.5 Å². The molecule has 0 radical (unpaired) electrons. The van der Waals surface area contributed by atoms with Gasteiger partial charge in [-0.3, -0.25) is 4.79 Å². The lowest BCUT2D eigenvalue weighted by Gasteiger charge is -2.25. The summed E-state index contributed by atoms with van der Waals surface area (Å²) in [5.41, 5.74) is 0.993. The molecule has 0 saturated carbocycles. The summed E-state index contributed by atoms with van der Waals surface area (Å²) in [5, 5.41) is 4.49. The summed E-state index contributed by atoms with van der Waals surface area (Å²) < 4.78 is 32.6. The highest BCUT2D eigenvalue weighted by atomic mass is 32.2. The van der Waals surface area contributed by atoms with Gasteiger partial charge < -0.3 is 10.1 Å². The van der Waals surface area contributed by atoms with Gasteiger partial charge in [0.1, 0.15) is 15.5 Å². The van der Waals surface area contributed by atoms with Gasteiger partial charge in [0, 0.05) is 19.6 Å². The average molecular weight is 409 g/mol. The van der Waals surface area contributed by atoms with Crippen LogP contribution in [-0.2, 0) is 16.4 Å². The van der Waals surface area contributed by atoms with Gasteiger partial charge in [-0.1, -0.05) is 24.6 Å². The Bertz CT molecular complexity index is 887. The van der Waals surface area contributed by atoms with E-state index in [-0.39, 0.29) is 15.7 Å². The molecule has 2 heterocycles. The van der Waals surface area contributed by atoms with Crippen LogP contribution in [-0.4, -0.2) is 45.4 Å². The molecular formula is C19H24N2O4S2. The van der Waals surface area contributed by atoms with E-state index in [0.717, 1.165) is 41.9 Å². The van der Waals surface area contributed by atoms with Gasteiger partial charge in [0.2, 0.25) is 10.0 Å². The Hall–Kier alpha value is -1.90. The van der Waals surface area contributed by atoms with Gasteiger partial charge >= 0.3 is 0 Å². The zero-order valence-electron chi connectivity index (χ0n) is 15.3. The van der Waals surface area contributed by atoms with Gasteiger partial charge in [0.15, 0.2) is 0 Å². The Kier molecular flexibility index (Phi) is 6.51. The number of nitrogens with one attached hydrogen (secondary N) is 1. The molecule has 1 aliphatic rings. The summed E-state index contributed by atoms with van der Waals surface area (Å²) in [6.45, 7) is 1.44. The molecule has 0 unspecified atom stereocenters. The van der Waals surface area contributed by atoms with E-state index in [1.165, 1.54) is 10.4 Å². The van der Waals surface area contributed by atoms with E-state index in [4.69, 9.17) is 4.74 Å². The van der Waals surface area contributed by atoms with Crippen molar-refractivity contribution in [1.82, 2.24) is 9.62 Å². The number of hydrogen-bond acceptors (Lipinski definition) is 5. The molecule has 1 aromatic heterocycles. The molecule has 6 nitrogen and oxygen atoms in total. The van der Waals surface area contributed by atoms with Crippen molar-refractivity contribution in [2.75, 3.05) is 26.7 Å². The van der Waals surface area contributed by atoms with E-state index in [0.29, 0.717) is 26.1 Å². The third-order valence-corrected chi connectivity index (χ3v) is 7.62. The smallest absolute Gasteiger partial charge is 0.262 e. The van der Waals surface area contributed by atoms with Gasteiger partial charge in [0.05, 0.1) is 7.11 Å². The third kappa shape index (κ3) is 4.51. The number of nitrogens with zero attached hydrogens (tertiary/aromatic N) is 1. The largest absolute Gasteiger partial charge is 0.496 e. The molecule has 1 amide bonds. The van der Waals surface area contributed by atoms with Crippen molar-refractivity contribution < 1.29 is 17.9 Å². The van der Waals surface area contributed by atoms with Gasteiger partial charge in [-0.2, -0.15) is 4.31 Å². The number of hydrogen-bond donors (Lipinski definition) is 1. The fraction of sp³-hybridized carbons (Fsp3) is 0.421. The van der Waals surface area contributed by atoms with Gasteiger partial charge in [-0.05, 0) is 42.3 Å². The first kappa shape index (κ1) is 19.9. The zero-order chi connectivity index (χ0) is 19.3. The minimum Gasteiger partial charge on any atom is -0.496 e. The molecule has 1 fully saturated rings. The van der Waals surface area contributed by atoms with Gasteiger partial charge in [0.25, 0.3) is 5.91 Å². The van der Waals surface area contributed by atoms with Crippen LogP contribution in [0.3, 0.4) is 0 Å². The summed E-state index contributed by atoms with van der Waals surface area (Å²) in [5.74, 6) is 0.423. The highest BCUT2D eigenvalue weighted by Crippen LogP contribution is 2.27. The first-order valence-electron chi connectivity index (χ1n) is 9.02. The monoisotopic (exact) mass is 408 g/mol. The molecule has 1 N–H and O–H groups in total. The maximum atomic E-state index is 12.9. The fourth-order valence-electron chi connectivity index (χ4n) is 3.21. The molecule has 0 bridgehead atoms. The predicted octanol–water partition coefficient (Wildman–Crippen LogP) is 2.90. The standard InChI is InChI=1S/C19H24N2O4S2/c1-25-16-8-4-3-7-15(16)9-11-20-19(22)18-17(10-14-26-18)27(23,24)21-12-5-2-6-13-21/h3-4,7-8,10,14H,2,5-6,9,11-13H2,1H3,(H,20,22). The first-order chi connectivity index (χ1) is 13.0. The molecule has 1 aliphatic heterocycles. The van der Waals surface area contributed by atoms with Crippen molar-refractivity contribution in [3.8, 4) is 5.75 Å². The van der Waals surface area contributed by atoms with Crippen molar-refractivity contribution in [3.05, 3.63) is 46.2 Å². The molecule has 1 saturated heterocycles. The van der Waals surface area contributed by atoms with Crippen LogP contribution in [0.4, 0.5) is 0 Å². The molecule has 8 heteroatoms. The fourth-order valence-corrected chi connectivity index (χ4v) is 6.05. The van der Waals surface area contributed by atoms with Crippen LogP contribution in [0.15, 0.2) is 40.6 Å². The van der Waals surface area contributed by atoms with Gasteiger partial charge in [-0.15, -0.1) is 11.3 Å². The topological polar surface area (TPSA) is 75.7 Å². The third-order valence-electron chi connectivity index (χ3n) is 4.64. The minimum atomic E-state index is -3.62. The molecule has 3 rings (SSSR count). The molecule has 1 aromatic carbocycles. The minimum absolute atomic E-state index is 0.115. The number of carbonyl (C=O) groups is 1. The zero-order valence-corrected chi connectivity index (χ0v) is 16.9. The summed E-state index contributed by atoms with van der Waals surface area (Å²) in [7, 11) is -2.01. The van der Waals surface area contributed by atoms with Crippen LogP contribution < -0.4 is 10.1 Å². The number of amides is 1. The number of sulfonamides is 1. The molecule has 0 spiro atoms. The number of thiophene rings is 1. The first-order valence-corrected chi connectivity index (χ1v) is 11.3. The van der Waals surface area contributed by atoms with E-state index in [9.17, 15) is 13.2 Å². The molecule has 27 heavy (non-hydrogen) atoms. The summed E-state index contributed by atoms with van der Waals surface area (Å²) in [6.07, 6.45) is 3.38. The number of piperidine rings is 1. The van der Waals surface area contributed by atoms with Gasteiger partial charge in [-0.25, -0.2) is 8.42 Å². The molecule has 0 atom stereocenters. The number of benzene rings is 1.